The monoisotopic (exact) mass is 574 g/mol. The van der Waals surface area contributed by atoms with Crippen molar-refractivity contribution in [3.63, 3.8) is 0 Å². The molecule has 1 aromatic carbocycles. The van der Waals surface area contributed by atoms with Gasteiger partial charge in [-0.2, -0.15) is 0 Å². The molecule has 4 rings (SSSR count). The Morgan fingerprint density at radius 2 is 1.90 bits per heavy atom. The zero-order valence-electron chi connectivity index (χ0n) is 22.6. The van der Waals surface area contributed by atoms with E-state index in [-0.39, 0.29) is 37.5 Å². The summed E-state index contributed by atoms with van der Waals surface area (Å²) in [7, 11) is 0. The van der Waals surface area contributed by atoms with Crippen molar-refractivity contribution in [3.8, 4) is 0 Å². The molecular weight excluding hydrogens is 536 g/mol. The molecule has 3 fully saturated rings. The van der Waals surface area contributed by atoms with Gasteiger partial charge in [-0.1, -0.05) is 36.6 Å². The largest absolute Gasteiger partial charge is 0.465 e. The smallest absolute Gasteiger partial charge is 0.311 e. The molecule has 212 valence electrons. The fourth-order valence-corrected chi connectivity index (χ4v) is 9.07. The molecule has 1 spiro atoms. The molecule has 0 aliphatic carbocycles. The van der Waals surface area contributed by atoms with Crippen molar-refractivity contribution in [3.05, 3.63) is 54.6 Å². The van der Waals surface area contributed by atoms with Crippen LogP contribution in [0, 0.1) is 11.8 Å². The number of unbranched alkanes of at least 4 members (excludes halogenated alkanes) is 3. The van der Waals surface area contributed by atoms with Crippen LogP contribution in [0.3, 0.4) is 0 Å². The molecule has 2 unspecified atom stereocenters. The number of likely N-dealkylation sites (tertiary alicyclic amines) is 1. The van der Waals surface area contributed by atoms with Crippen molar-refractivity contribution < 1.29 is 24.2 Å². The van der Waals surface area contributed by atoms with Crippen LogP contribution in [0.2, 0.25) is 5.02 Å². The van der Waals surface area contributed by atoms with Gasteiger partial charge >= 0.3 is 5.97 Å². The first-order valence-corrected chi connectivity index (χ1v) is 15.0. The summed E-state index contributed by atoms with van der Waals surface area (Å²) >= 11 is 7.76. The molecule has 0 aromatic heterocycles. The Morgan fingerprint density at radius 3 is 2.56 bits per heavy atom. The number of esters is 1. The zero-order chi connectivity index (χ0) is 28.2. The zero-order valence-corrected chi connectivity index (χ0v) is 24.2. The number of aliphatic hydroxyl groups excluding tert-OH is 1. The van der Waals surface area contributed by atoms with E-state index in [1.165, 1.54) is 0 Å². The summed E-state index contributed by atoms with van der Waals surface area (Å²) in [6, 6.07) is 6.38. The molecule has 9 heteroatoms. The van der Waals surface area contributed by atoms with Crippen LogP contribution in [0.1, 0.15) is 51.9 Å². The van der Waals surface area contributed by atoms with Crippen molar-refractivity contribution in [2.75, 3.05) is 31.2 Å². The van der Waals surface area contributed by atoms with Gasteiger partial charge in [0.2, 0.25) is 5.91 Å². The number of carbonyl (C=O) groups is 3. The maximum Gasteiger partial charge on any atom is 0.311 e. The highest BCUT2D eigenvalue weighted by molar-refractivity contribution is 8.02. The molecule has 39 heavy (non-hydrogen) atoms. The van der Waals surface area contributed by atoms with E-state index in [4.69, 9.17) is 21.4 Å². The van der Waals surface area contributed by atoms with Crippen LogP contribution >= 0.6 is 23.4 Å². The number of hydrogen-bond acceptors (Lipinski definition) is 6. The van der Waals surface area contributed by atoms with Gasteiger partial charge in [0.1, 0.15) is 6.04 Å². The Hall–Kier alpha value is -2.29. The van der Waals surface area contributed by atoms with Crippen molar-refractivity contribution in [2.24, 2.45) is 11.8 Å². The van der Waals surface area contributed by atoms with Crippen molar-refractivity contribution in [1.82, 2.24) is 4.90 Å². The van der Waals surface area contributed by atoms with E-state index in [1.54, 1.807) is 58.0 Å². The summed E-state index contributed by atoms with van der Waals surface area (Å²) < 4.78 is 4.44. The summed E-state index contributed by atoms with van der Waals surface area (Å²) in [5.74, 6) is -1.87. The van der Waals surface area contributed by atoms with Crippen LogP contribution in [0.5, 0.6) is 0 Å². The standard InChI is InChI=1S/C30H39ClN2O5S/c1-4-6-20-38-28(37)24-23-26(35)33(18-9-7-8-10-19-34)25(30(23)16-15-29(24,3)39-30)27(36)32(17-5-2)22-13-11-21(31)12-14-22/h4-5,11-14,23-25,34H,1-2,6-10,15-20H2,3H3/t23-,24+,25?,29-,30?/m0/s1. The molecule has 3 heterocycles. The van der Waals surface area contributed by atoms with E-state index in [1.807, 2.05) is 6.92 Å². The Bertz CT molecular complexity index is 1100. The van der Waals surface area contributed by atoms with Crippen LogP contribution in [-0.2, 0) is 19.1 Å². The lowest BCUT2D eigenvalue weighted by molar-refractivity contribution is -0.155. The second-order valence-electron chi connectivity index (χ2n) is 10.9. The lowest BCUT2D eigenvalue weighted by atomic mass is 9.66. The summed E-state index contributed by atoms with van der Waals surface area (Å²) in [5, 5.41) is 9.72. The van der Waals surface area contributed by atoms with Crippen molar-refractivity contribution in [2.45, 2.75) is 67.4 Å². The predicted molar refractivity (Wildman–Crippen MR) is 156 cm³/mol. The predicted octanol–water partition coefficient (Wildman–Crippen LogP) is 5.01. The molecular formula is C30H39ClN2O5S. The van der Waals surface area contributed by atoms with Crippen molar-refractivity contribution >= 4 is 46.8 Å². The highest BCUT2D eigenvalue weighted by Crippen LogP contribution is 2.71. The number of thioether (sulfide) groups is 1. The number of halogens is 1. The Kier molecular flexibility index (Phi) is 9.50. The lowest BCUT2D eigenvalue weighted by Crippen LogP contribution is -2.55. The summed E-state index contributed by atoms with van der Waals surface area (Å²) in [6.07, 6.45) is 8.46. The van der Waals surface area contributed by atoms with Gasteiger partial charge in [0.05, 0.1) is 23.2 Å². The third kappa shape index (κ3) is 5.52. The number of hydrogen-bond donors (Lipinski definition) is 1. The number of fused-ring (bicyclic) bond motifs is 1. The van der Waals surface area contributed by atoms with Gasteiger partial charge in [-0.15, -0.1) is 24.9 Å². The number of carbonyl (C=O) groups excluding carboxylic acids is 3. The number of aliphatic hydroxyl groups is 1. The number of anilines is 1. The van der Waals surface area contributed by atoms with E-state index in [0.29, 0.717) is 36.5 Å². The van der Waals surface area contributed by atoms with Crippen molar-refractivity contribution in [1.29, 1.82) is 0 Å². The van der Waals surface area contributed by atoms with Gasteiger partial charge in [-0.3, -0.25) is 14.4 Å². The van der Waals surface area contributed by atoms with Crippen LogP contribution in [0.4, 0.5) is 5.69 Å². The summed E-state index contributed by atoms with van der Waals surface area (Å²) in [6.45, 7) is 10.7. The first-order valence-electron chi connectivity index (χ1n) is 13.8. The molecule has 7 nitrogen and oxygen atoms in total. The molecule has 2 bridgehead atoms. The number of benzene rings is 1. The quantitative estimate of drug-likeness (QED) is 0.191. The fraction of sp³-hybridized carbons (Fsp3) is 0.567. The normalized spacial score (nSPS) is 28.8. The summed E-state index contributed by atoms with van der Waals surface area (Å²) in [5.41, 5.74) is 0.684. The van der Waals surface area contributed by atoms with Crippen LogP contribution in [0.25, 0.3) is 0 Å². The van der Waals surface area contributed by atoms with E-state index < -0.39 is 27.4 Å². The van der Waals surface area contributed by atoms with Gasteiger partial charge in [-0.25, -0.2) is 0 Å². The van der Waals surface area contributed by atoms with Crippen LogP contribution in [-0.4, -0.2) is 69.6 Å². The first-order chi connectivity index (χ1) is 18.7. The van der Waals surface area contributed by atoms with Gasteiger partial charge < -0.3 is 19.6 Å². The maximum atomic E-state index is 14.5. The molecule has 0 saturated carbocycles. The van der Waals surface area contributed by atoms with Gasteiger partial charge in [0, 0.05) is 35.2 Å². The number of ether oxygens (including phenoxy) is 1. The fourth-order valence-electron chi connectivity index (χ4n) is 6.60. The Balaban J connectivity index is 1.70. The number of amides is 2. The van der Waals surface area contributed by atoms with Gasteiger partial charge in [0.15, 0.2) is 0 Å². The van der Waals surface area contributed by atoms with E-state index in [0.717, 1.165) is 25.7 Å². The van der Waals surface area contributed by atoms with Gasteiger partial charge in [-0.05, 0) is 63.3 Å². The number of rotatable bonds is 14. The van der Waals surface area contributed by atoms with Crippen LogP contribution in [0.15, 0.2) is 49.6 Å². The molecule has 3 saturated heterocycles. The topological polar surface area (TPSA) is 87.1 Å². The molecule has 0 radical (unpaired) electrons. The van der Waals surface area contributed by atoms with Crippen LogP contribution < -0.4 is 4.90 Å². The highest BCUT2D eigenvalue weighted by atomic mass is 35.5. The van der Waals surface area contributed by atoms with E-state index in [9.17, 15) is 14.4 Å². The second-order valence-corrected chi connectivity index (χ2v) is 13.2. The van der Waals surface area contributed by atoms with Gasteiger partial charge in [0.25, 0.3) is 5.91 Å². The molecule has 1 aromatic rings. The average molecular weight is 575 g/mol. The second kappa shape index (κ2) is 12.5. The Labute approximate surface area is 240 Å². The minimum atomic E-state index is -0.707. The SMILES string of the molecule is C=CCCOC(=O)[C@H]1[C@H]2C(=O)N(CCCCCCO)C(C(=O)N(CC=C)c3ccc(Cl)cc3)C23CC[C@]1(C)S3. The highest BCUT2D eigenvalue weighted by Gasteiger charge is 2.77. The molecule has 5 atom stereocenters. The molecule has 3 aliphatic heterocycles. The molecule has 3 aliphatic rings. The lowest BCUT2D eigenvalue weighted by Gasteiger charge is -2.37. The minimum absolute atomic E-state index is 0.133. The maximum absolute atomic E-state index is 14.5. The minimum Gasteiger partial charge on any atom is -0.465 e. The summed E-state index contributed by atoms with van der Waals surface area (Å²) in [4.78, 5) is 45.5. The third-order valence-corrected chi connectivity index (χ3v) is 10.6. The Morgan fingerprint density at radius 1 is 1.18 bits per heavy atom. The van der Waals surface area contributed by atoms with E-state index in [2.05, 4.69) is 13.2 Å². The average Bonchev–Trinajstić information content (AvgIpc) is 3.48. The number of nitrogens with zero attached hydrogens (tertiary/aromatic N) is 2. The van der Waals surface area contributed by atoms with E-state index >= 15 is 0 Å². The third-order valence-electron chi connectivity index (χ3n) is 8.35. The first kappa shape index (κ1) is 29.7. The molecule has 1 N–H and O–H groups in total. The molecule has 2 amide bonds.